The Morgan fingerprint density at radius 1 is 1.14 bits per heavy atom. The van der Waals surface area contributed by atoms with Crippen LogP contribution in [0.15, 0.2) is 30.3 Å². The highest BCUT2D eigenvalue weighted by Crippen LogP contribution is 2.33. The van der Waals surface area contributed by atoms with Crippen LogP contribution in [0.2, 0.25) is 0 Å². The van der Waals surface area contributed by atoms with Gasteiger partial charge in [-0.15, -0.1) is 10.2 Å². The number of aromatic nitrogens is 3. The minimum absolute atomic E-state index is 0.107. The van der Waals surface area contributed by atoms with Crippen molar-refractivity contribution >= 4 is 0 Å². The van der Waals surface area contributed by atoms with Crippen molar-refractivity contribution in [1.82, 2.24) is 20.1 Å². The van der Waals surface area contributed by atoms with E-state index in [2.05, 4.69) is 51.3 Å². The maximum Gasteiger partial charge on any atom is 0.162 e. The van der Waals surface area contributed by atoms with Gasteiger partial charge in [0, 0.05) is 13.1 Å². The van der Waals surface area contributed by atoms with E-state index in [9.17, 15) is 0 Å². The summed E-state index contributed by atoms with van der Waals surface area (Å²) >= 11 is 0. The first-order valence-corrected chi connectivity index (χ1v) is 7.69. The molecule has 1 saturated heterocycles. The second kappa shape index (κ2) is 5.24. The lowest BCUT2D eigenvalue weighted by Gasteiger charge is -2.26. The van der Waals surface area contributed by atoms with E-state index in [1.807, 2.05) is 6.07 Å². The van der Waals surface area contributed by atoms with Crippen molar-refractivity contribution < 1.29 is 4.74 Å². The highest BCUT2D eigenvalue weighted by Gasteiger charge is 2.32. The van der Waals surface area contributed by atoms with Crippen molar-refractivity contribution in [2.75, 3.05) is 6.54 Å². The molecule has 2 aliphatic rings. The summed E-state index contributed by atoms with van der Waals surface area (Å²) in [5.41, 5.74) is 1.23. The van der Waals surface area contributed by atoms with Gasteiger partial charge in [-0.3, -0.25) is 0 Å². The van der Waals surface area contributed by atoms with Crippen LogP contribution in [0.3, 0.4) is 0 Å². The third-order valence-corrected chi connectivity index (χ3v) is 4.40. The highest BCUT2D eigenvalue weighted by atomic mass is 16.5. The molecular formula is C16H20N4O. The number of hydrogen-bond donors (Lipinski definition) is 1. The number of benzene rings is 1. The molecule has 3 heterocycles. The second-order valence-corrected chi connectivity index (χ2v) is 5.88. The van der Waals surface area contributed by atoms with Crippen LogP contribution in [0.1, 0.15) is 49.1 Å². The Labute approximate surface area is 124 Å². The van der Waals surface area contributed by atoms with E-state index in [0.29, 0.717) is 6.10 Å². The van der Waals surface area contributed by atoms with Gasteiger partial charge in [-0.05, 0) is 25.3 Å². The zero-order valence-electron chi connectivity index (χ0n) is 12.2. The Morgan fingerprint density at radius 2 is 1.95 bits per heavy atom. The molecule has 2 aromatic rings. The lowest BCUT2D eigenvalue weighted by Crippen LogP contribution is -2.35. The van der Waals surface area contributed by atoms with Gasteiger partial charge in [0.05, 0.1) is 12.1 Å². The van der Waals surface area contributed by atoms with Crippen molar-refractivity contribution in [3.63, 3.8) is 0 Å². The van der Waals surface area contributed by atoms with Gasteiger partial charge in [0.2, 0.25) is 0 Å². The van der Waals surface area contributed by atoms with Crippen molar-refractivity contribution in [2.45, 2.75) is 44.6 Å². The molecule has 1 aromatic heterocycles. The molecule has 1 aromatic carbocycles. The molecule has 0 bridgehead atoms. The Kier molecular flexibility index (Phi) is 3.24. The zero-order valence-corrected chi connectivity index (χ0v) is 12.2. The minimum Gasteiger partial charge on any atom is -0.367 e. The Balaban J connectivity index is 1.69. The van der Waals surface area contributed by atoms with E-state index in [1.165, 1.54) is 5.56 Å². The number of ether oxygens (including phenoxy) is 1. The summed E-state index contributed by atoms with van der Waals surface area (Å²) in [5, 5.41) is 12.4. The average molecular weight is 284 g/mol. The molecule has 0 aliphatic carbocycles. The van der Waals surface area contributed by atoms with E-state index in [4.69, 9.17) is 4.74 Å². The monoisotopic (exact) mass is 284 g/mol. The Bertz CT molecular complexity index is 624. The van der Waals surface area contributed by atoms with Crippen molar-refractivity contribution in [2.24, 2.45) is 0 Å². The van der Waals surface area contributed by atoms with Crippen LogP contribution in [0.25, 0.3) is 0 Å². The molecule has 2 aliphatic heterocycles. The summed E-state index contributed by atoms with van der Waals surface area (Å²) in [7, 11) is 0. The maximum atomic E-state index is 5.97. The number of hydrogen-bond acceptors (Lipinski definition) is 4. The van der Waals surface area contributed by atoms with Gasteiger partial charge in [-0.25, -0.2) is 0 Å². The number of nitrogens with zero attached hydrogens (tertiary/aromatic N) is 3. The molecule has 1 N–H and O–H groups in total. The predicted octanol–water partition coefficient (Wildman–Crippen LogP) is 2.21. The quantitative estimate of drug-likeness (QED) is 0.918. The standard InChI is InChI=1S/C16H20N4O/c1-11-7-8-13(21-11)15-18-19-16-14(17-9-10-20(15)16)12-5-3-2-4-6-12/h2-6,11,13-14,17H,7-10H2,1H3. The SMILES string of the molecule is CC1CCC(c2nnc3n2CCNC3c2ccccc2)O1. The van der Waals surface area contributed by atoms with Gasteiger partial charge < -0.3 is 14.6 Å². The fourth-order valence-corrected chi connectivity index (χ4v) is 3.33. The molecule has 21 heavy (non-hydrogen) atoms. The zero-order chi connectivity index (χ0) is 14.2. The third kappa shape index (κ3) is 2.26. The molecule has 110 valence electrons. The molecule has 5 heteroatoms. The van der Waals surface area contributed by atoms with Gasteiger partial charge >= 0.3 is 0 Å². The van der Waals surface area contributed by atoms with Crippen molar-refractivity contribution in [3.8, 4) is 0 Å². The van der Waals surface area contributed by atoms with Crippen molar-refractivity contribution in [1.29, 1.82) is 0 Å². The summed E-state index contributed by atoms with van der Waals surface area (Å²) < 4.78 is 8.22. The molecule has 4 rings (SSSR count). The first-order chi connectivity index (χ1) is 10.3. The molecule has 3 atom stereocenters. The van der Waals surface area contributed by atoms with E-state index in [1.54, 1.807) is 0 Å². The summed E-state index contributed by atoms with van der Waals surface area (Å²) in [5.74, 6) is 2.00. The molecule has 0 radical (unpaired) electrons. The fraction of sp³-hybridized carbons (Fsp3) is 0.500. The van der Waals surface area contributed by atoms with Crippen LogP contribution >= 0.6 is 0 Å². The molecular weight excluding hydrogens is 264 g/mol. The minimum atomic E-state index is 0.107. The molecule has 0 saturated carbocycles. The Hall–Kier alpha value is -1.72. The lowest BCUT2D eigenvalue weighted by molar-refractivity contribution is 0.0475. The number of nitrogens with one attached hydrogen (secondary N) is 1. The van der Waals surface area contributed by atoms with Crippen LogP contribution in [0, 0.1) is 0 Å². The lowest BCUT2D eigenvalue weighted by atomic mass is 10.0. The van der Waals surface area contributed by atoms with Gasteiger partial charge in [-0.2, -0.15) is 0 Å². The van der Waals surface area contributed by atoms with E-state index in [0.717, 1.165) is 37.6 Å². The largest absolute Gasteiger partial charge is 0.367 e. The van der Waals surface area contributed by atoms with Crippen molar-refractivity contribution in [3.05, 3.63) is 47.5 Å². The van der Waals surface area contributed by atoms with Gasteiger partial charge in [0.15, 0.2) is 11.6 Å². The number of fused-ring (bicyclic) bond motifs is 1. The number of rotatable bonds is 2. The van der Waals surface area contributed by atoms with Crippen LogP contribution < -0.4 is 5.32 Å². The molecule has 3 unspecified atom stereocenters. The predicted molar refractivity (Wildman–Crippen MR) is 78.8 cm³/mol. The van der Waals surface area contributed by atoms with E-state index >= 15 is 0 Å². The first-order valence-electron chi connectivity index (χ1n) is 7.69. The average Bonchev–Trinajstić information content (AvgIpc) is 3.13. The summed E-state index contributed by atoms with van der Waals surface area (Å²) in [6, 6.07) is 10.6. The van der Waals surface area contributed by atoms with Gasteiger partial charge in [-0.1, -0.05) is 30.3 Å². The summed E-state index contributed by atoms with van der Waals surface area (Å²) in [6.45, 7) is 3.97. The molecule has 1 fully saturated rings. The first kappa shape index (κ1) is 13.0. The highest BCUT2D eigenvalue weighted by molar-refractivity contribution is 5.26. The smallest absolute Gasteiger partial charge is 0.162 e. The van der Waals surface area contributed by atoms with Gasteiger partial charge in [0.25, 0.3) is 0 Å². The third-order valence-electron chi connectivity index (χ3n) is 4.40. The second-order valence-electron chi connectivity index (χ2n) is 5.88. The van der Waals surface area contributed by atoms with Gasteiger partial charge in [0.1, 0.15) is 6.10 Å². The summed E-state index contributed by atoms with van der Waals surface area (Å²) in [6.07, 6.45) is 2.58. The normalized spacial score (nSPS) is 28.5. The summed E-state index contributed by atoms with van der Waals surface area (Å²) in [4.78, 5) is 0. The van der Waals surface area contributed by atoms with E-state index < -0.39 is 0 Å². The van der Waals surface area contributed by atoms with Crippen LogP contribution in [0.5, 0.6) is 0 Å². The van der Waals surface area contributed by atoms with Crippen LogP contribution in [-0.4, -0.2) is 27.4 Å². The molecule has 0 amide bonds. The maximum absolute atomic E-state index is 5.97. The molecule has 0 spiro atoms. The van der Waals surface area contributed by atoms with Crippen LogP contribution in [0.4, 0.5) is 0 Å². The Morgan fingerprint density at radius 3 is 2.71 bits per heavy atom. The van der Waals surface area contributed by atoms with E-state index in [-0.39, 0.29) is 12.1 Å². The molecule has 5 nitrogen and oxygen atoms in total. The fourth-order valence-electron chi connectivity index (χ4n) is 3.33. The topological polar surface area (TPSA) is 52.0 Å². The van der Waals surface area contributed by atoms with Crippen LogP contribution in [-0.2, 0) is 11.3 Å².